The van der Waals surface area contributed by atoms with Crippen molar-refractivity contribution in [1.82, 2.24) is 0 Å². The van der Waals surface area contributed by atoms with Gasteiger partial charge in [0.2, 0.25) is 0 Å². The molecule has 2 bridgehead atoms. The van der Waals surface area contributed by atoms with Crippen LogP contribution in [0.1, 0.15) is 51.7 Å². The zero-order valence-electron chi connectivity index (χ0n) is 21.0. The van der Waals surface area contributed by atoms with Gasteiger partial charge in [-0.25, -0.2) is 14.4 Å². The highest BCUT2D eigenvalue weighted by molar-refractivity contribution is 5.91. The minimum atomic E-state index is -2.19. The second-order valence-electron chi connectivity index (χ2n) is 12.6. The van der Waals surface area contributed by atoms with Gasteiger partial charge in [0.05, 0.1) is 31.2 Å². The van der Waals surface area contributed by atoms with Crippen molar-refractivity contribution in [2.24, 2.45) is 34.0 Å². The molecular weight excluding hydrogens is 484 g/mol. The molecule has 0 aromatic carbocycles. The summed E-state index contributed by atoms with van der Waals surface area (Å²) in [5.74, 6) is -5.10. The molecule has 10 heteroatoms. The van der Waals surface area contributed by atoms with E-state index in [-0.39, 0.29) is 6.42 Å². The number of rotatable bonds is 3. The summed E-state index contributed by atoms with van der Waals surface area (Å²) in [5, 5.41) is 36.0. The monoisotopic (exact) mass is 514 g/mol. The number of hydrogen-bond acceptors (Lipinski definition) is 10. The first-order valence-electron chi connectivity index (χ1n) is 12.7. The van der Waals surface area contributed by atoms with Gasteiger partial charge >= 0.3 is 17.9 Å². The Hall–Kier alpha value is -2.69. The summed E-state index contributed by atoms with van der Waals surface area (Å²) in [4.78, 5) is 39.4. The van der Waals surface area contributed by atoms with Crippen molar-refractivity contribution >= 4 is 17.9 Å². The zero-order valence-corrected chi connectivity index (χ0v) is 21.0. The van der Waals surface area contributed by atoms with Crippen molar-refractivity contribution in [3.05, 3.63) is 35.8 Å². The molecular formula is C27H30O10. The maximum absolute atomic E-state index is 13.7. The van der Waals surface area contributed by atoms with Crippen molar-refractivity contribution in [3.8, 4) is 0 Å². The molecule has 37 heavy (non-hydrogen) atoms. The molecule has 1 saturated heterocycles. The Kier molecular flexibility index (Phi) is 3.99. The zero-order chi connectivity index (χ0) is 26.6. The first-order valence-corrected chi connectivity index (χ1v) is 12.7. The fraction of sp³-hybridized carbons (Fsp3) is 0.667. The molecule has 3 heterocycles. The van der Waals surface area contributed by atoms with Crippen LogP contribution in [0.25, 0.3) is 0 Å². The van der Waals surface area contributed by atoms with Crippen LogP contribution in [0.5, 0.6) is 0 Å². The minimum Gasteiger partial charge on any atom is -0.472 e. The molecule has 0 radical (unpaired) electrons. The van der Waals surface area contributed by atoms with Gasteiger partial charge in [-0.3, -0.25) is 0 Å². The Morgan fingerprint density at radius 1 is 1.22 bits per heavy atom. The van der Waals surface area contributed by atoms with Crippen LogP contribution in [0.3, 0.4) is 0 Å². The Bertz CT molecular complexity index is 1300. The molecule has 4 aliphatic carbocycles. The molecule has 198 valence electrons. The molecule has 11 atom stereocenters. The Balaban J connectivity index is 1.50. The molecule has 10 nitrogen and oxygen atoms in total. The second-order valence-corrected chi connectivity index (χ2v) is 12.6. The van der Waals surface area contributed by atoms with Crippen LogP contribution >= 0.6 is 0 Å². The number of aliphatic hydroxyl groups excluding tert-OH is 1. The summed E-state index contributed by atoms with van der Waals surface area (Å²) in [6, 6.07) is 1.72. The van der Waals surface area contributed by atoms with E-state index in [1.54, 1.807) is 13.0 Å². The number of carbonyl (C=O) groups excluding carboxylic acids is 3. The highest BCUT2D eigenvalue weighted by Gasteiger charge is 2.99. The minimum absolute atomic E-state index is 0.0106. The molecule has 3 N–H and O–H groups in total. The van der Waals surface area contributed by atoms with E-state index in [0.717, 1.165) is 7.11 Å². The highest BCUT2D eigenvalue weighted by atomic mass is 16.6. The fourth-order valence-corrected chi connectivity index (χ4v) is 10.5. The largest absolute Gasteiger partial charge is 0.472 e. The topological polar surface area (TPSA) is 153 Å². The van der Waals surface area contributed by atoms with Gasteiger partial charge in [0.1, 0.15) is 11.7 Å². The maximum Gasteiger partial charge on any atom is 0.340 e. The number of ether oxygens (including phenoxy) is 3. The molecule has 6 aliphatic rings. The molecule has 0 unspecified atom stereocenters. The van der Waals surface area contributed by atoms with E-state index in [0.29, 0.717) is 24.0 Å². The van der Waals surface area contributed by atoms with Gasteiger partial charge in [-0.05, 0) is 30.9 Å². The number of furan rings is 1. The average molecular weight is 515 g/mol. The number of hydrogen-bond donors (Lipinski definition) is 3. The lowest BCUT2D eigenvalue weighted by Gasteiger charge is -2.56. The third-order valence-electron chi connectivity index (χ3n) is 11.6. The van der Waals surface area contributed by atoms with Crippen molar-refractivity contribution in [2.45, 2.75) is 69.0 Å². The van der Waals surface area contributed by atoms with Gasteiger partial charge in [0, 0.05) is 39.7 Å². The number of aliphatic hydroxyl groups is 3. The standard InChI is InChI=1S/C27H30O10/c1-22-7-5-13-24(3)17(16(29)19(30)34-4)23(2)11-25(24,32)20-26(13,37-21(31)27(20,23)33)14(22)9-15(28)36-18(22)12-6-8-35-10-12/h6,8-10,13,16-18,20,29,32-33H,5,7,11H2,1-4H3/t13-,16+,17+,18+,20+,22-,23-,24-,25+,26+,27-/m1/s1. The van der Waals surface area contributed by atoms with Gasteiger partial charge in [-0.1, -0.05) is 20.8 Å². The molecule has 1 aromatic heterocycles. The van der Waals surface area contributed by atoms with E-state index in [1.165, 1.54) is 18.6 Å². The summed E-state index contributed by atoms with van der Waals surface area (Å²) in [5.41, 5.74) is -7.58. The van der Waals surface area contributed by atoms with E-state index in [1.807, 2.05) is 13.8 Å². The van der Waals surface area contributed by atoms with E-state index in [4.69, 9.17) is 18.6 Å². The summed E-state index contributed by atoms with van der Waals surface area (Å²) in [6.45, 7) is 5.38. The van der Waals surface area contributed by atoms with Crippen molar-refractivity contribution in [3.63, 3.8) is 0 Å². The van der Waals surface area contributed by atoms with Crippen LogP contribution in [-0.2, 0) is 28.6 Å². The predicted octanol–water partition coefficient (Wildman–Crippen LogP) is 1.19. The number of cyclic esters (lactones) is 1. The Labute approximate surface area is 212 Å². The van der Waals surface area contributed by atoms with Gasteiger partial charge < -0.3 is 33.9 Å². The van der Waals surface area contributed by atoms with Crippen LogP contribution in [0.15, 0.2) is 34.7 Å². The molecule has 5 fully saturated rings. The lowest BCUT2D eigenvalue weighted by molar-refractivity contribution is -0.219. The summed E-state index contributed by atoms with van der Waals surface area (Å²) in [6.07, 6.45) is 2.86. The second kappa shape index (κ2) is 6.30. The third-order valence-corrected chi connectivity index (χ3v) is 11.6. The van der Waals surface area contributed by atoms with Gasteiger partial charge in [-0.15, -0.1) is 0 Å². The van der Waals surface area contributed by atoms with Crippen LogP contribution in [0.2, 0.25) is 0 Å². The first-order chi connectivity index (χ1) is 17.3. The van der Waals surface area contributed by atoms with Crippen LogP contribution in [0.4, 0.5) is 0 Å². The van der Waals surface area contributed by atoms with Gasteiger partial charge in [0.15, 0.2) is 11.7 Å². The quantitative estimate of drug-likeness (QED) is 0.396. The summed E-state index contributed by atoms with van der Waals surface area (Å²) >= 11 is 0. The van der Waals surface area contributed by atoms with E-state index in [2.05, 4.69) is 0 Å². The molecule has 2 aliphatic heterocycles. The van der Waals surface area contributed by atoms with Crippen molar-refractivity contribution in [2.75, 3.05) is 7.11 Å². The Morgan fingerprint density at radius 3 is 2.59 bits per heavy atom. The summed E-state index contributed by atoms with van der Waals surface area (Å²) in [7, 11) is 1.16. The average Bonchev–Trinajstić information content (AvgIpc) is 3.55. The van der Waals surface area contributed by atoms with Gasteiger partial charge in [0.25, 0.3) is 0 Å². The smallest absolute Gasteiger partial charge is 0.340 e. The Morgan fingerprint density at radius 2 is 1.95 bits per heavy atom. The lowest BCUT2D eigenvalue weighted by Crippen LogP contribution is -2.65. The predicted molar refractivity (Wildman–Crippen MR) is 121 cm³/mol. The summed E-state index contributed by atoms with van der Waals surface area (Å²) < 4.78 is 22.1. The van der Waals surface area contributed by atoms with E-state index in [9.17, 15) is 29.7 Å². The fourth-order valence-electron chi connectivity index (χ4n) is 10.5. The molecule has 0 amide bonds. The highest BCUT2D eigenvalue weighted by Crippen LogP contribution is 2.89. The number of esters is 3. The first kappa shape index (κ1) is 23.4. The van der Waals surface area contributed by atoms with Crippen molar-refractivity contribution in [1.29, 1.82) is 0 Å². The van der Waals surface area contributed by atoms with Crippen molar-refractivity contribution < 1.29 is 48.3 Å². The third kappa shape index (κ3) is 2.01. The molecule has 1 spiro atoms. The van der Waals surface area contributed by atoms with Crippen LogP contribution < -0.4 is 0 Å². The SMILES string of the molecule is COC(=O)[C@@H](O)[C@@H]1[C@@]2(C)[C@H]3CC[C@]4(C)C(=CC(=O)O[C@H]4c4ccoc4)[C@@]34OC(=O)[C@]3(O)[C@H]4[C@@]2(O)C[C@]13C. The van der Waals surface area contributed by atoms with E-state index >= 15 is 0 Å². The van der Waals surface area contributed by atoms with Crippen LogP contribution in [-0.4, -0.2) is 63.2 Å². The van der Waals surface area contributed by atoms with Gasteiger partial charge in [-0.2, -0.15) is 0 Å². The van der Waals surface area contributed by atoms with E-state index < -0.39 is 80.9 Å². The molecule has 4 saturated carbocycles. The number of methoxy groups -OCH3 is 1. The number of carbonyl (C=O) groups is 3. The number of fused-ring (bicyclic) bond motifs is 4. The maximum atomic E-state index is 13.7. The molecule has 1 aromatic rings. The molecule has 7 rings (SSSR count). The van der Waals surface area contributed by atoms with Crippen LogP contribution in [0, 0.1) is 34.0 Å². The lowest BCUT2D eigenvalue weighted by atomic mass is 9.51. The normalized spacial score (nSPS) is 53.2.